The normalized spacial score (nSPS) is 25.2. The monoisotopic (exact) mass is 339 g/mol. The number of halogens is 1. The number of likely N-dealkylation sites (N-methyl/N-ethyl adjacent to an activating group) is 1. The summed E-state index contributed by atoms with van der Waals surface area (Å²) < 4.78 is 13.5. The van der Waals surface area contributed by atoms with Gasteiger partial charge in [-0.1, -0.05) is 6.07 Å². The molecule has 3 atom stereocenters. The van der Waals surface area contributed by atoms with Gasteiger partial charge in [-0.05, 0) is 57.5 Å². The minimum Gasteiger partial charge on any atom is -0.480 e. The van der Waals surface area contributed by atoms with Crippen LogP contribution in [0.5, 0.6) is 0 Å². The van der Waals surface area contributed by atoms with E-state index in [0.717, 1.165) is 6.42 Å². The first-order valence-corrected chi connectivity index (χ1v) is 8.18. The number of rotatable bonds is 7. The molecule has 1 aliphatic heterocycles. The molecule has 1 aromatic carbocycles. The average Bonchev–Trinajstić information content (AvgIpc) is 2.85. The summed E-state index contributed by atoms with van der Waals surface area (Å²) in [4.78, 5) is 13.5. The molecule has 0 spiro atoms. The molecule has 1 fully saturated rings. The highest BCUT2D eigenvalue weighted by molar-refractivity contribution is 5.75. The molecule has 0 amide bonds. The third kappa shape index (κ3) is 4.10. The Morgan fingerprint density at radius 1 is 1.33 bits per heavy atom. The predicted molar refractivity (Wildman–Crippen MR) is 88.6 cm³/mol. The van der Waals surface area contributed by atoms with Crippen molar-refractivity contribution in [2.75, 3.05) is 13.6 Å². The van der Waals surface area contributed by atoms with Crippen LogP contribution in [-0.4, -0.2) is 46.8 Å². The Morgan fingerprint density at radius 2 is 1.96 bits per heavy atom. The molecule has 1 aromatic rings. The zero-order valence-corrected chi connectivity index (χ0v) is 14.3. The lowest BCUT2D eigenvalue weighted by Crippen LogP contribution is -2.34. The highest BCUT2D eigenvalue weighted by Gasteiger charge is 2.31. The van der Waals surface area contributed by atoms with Crippen LogP contribution in [-0.2, 0) is 11.4 Å². The van der Waals surface area contributed by atoms with Gasteiger partial charge < -0.3 is 10.2 Å². The first kappa shape index (κ1) is 18.8. The third-order valence-corrected chi connectivity index (χ3v) is 4.87. The second kappa shape index (κ2) is 8.02. The Labute approximate surface area is 141 Å². The lowest BCUT2D eigenvalue weighted by molar-refractivity contribution is -0.143. The molecule has 1 heterocycles. The van der Waals surface area contributed by atoms with Crippen LogP contribution >= 0.6 is 0 Å². The van der Waals surface area contributed by atoms with E-state index >= 15 is 0 Å². The highest BCUT2D eigenvalue weighted by Crippen LogP contribution is 2.25. The molecule has 0 aliphatic carbocycles. The van der Waals surface area contributed by atoms with Crippen molar-refractivity contribution in [3.05, 3.63) is 35.1 Å². The Morgan fingerprint density at radius 3 is 2.50 bits per heavy atom. The number of aliphatic hydroxyl groups excluding tert-OH is 1. The molecule has 0 radical (unpaired) electrons. The lowest BCUT2D eigenvalue weighted by atomic mass is 9.92. The SMILES string of the molecule is CC1NNC(C)C1CCN(C)C(C(=O)O)c1ccc(F)c(CO)c1. The maximum Gasteiger partial charge on any atom is 0.325 e. The molecule has 2 rings (SSSR count). The molecular weight excluding hydrogens is 313 g/mol. The Kier molecular flexibility index (Phi) is 6.28. The molecule has 134 valence electrons. The van der Waals surface area contributed by atoms with Crippen LogP contribution in [0.15, 0.2) is 18.2 Å². The van der Waals surface area contributed by atoms with Gasteiger partial charge in [-0.3, -0.25) is 20.5 Å². The predicted octanol–water partition coefficient (Wildman–Crippen LogP) is 1.27. The Bertz CT molecular complexity index is 574. The summed E-state index contributed by atoms with van der Waals surface area (Å²) >= 11 is 0. The van der Waals surface area contributed by atoms with E-state index in [1.54, 1.807) is 11.9 Å². The largest absolute Gasteiger partial charge is 0.480 e. The molecule has 0 saturated carbocycles. The standard InChI is InChI=1S/C17H26FN3O3/c1-10-14(11(2)20-19-10)6-7-21(3)16(17(23)24)12-4-5-15(18)13(8-12)9-22/h4-5,8,10-11,14,16,19-20,22H,6-7,9H2,1-3H3,(H,23,24). The average molecular weight is 339 g/mol. The fourth-order valence-corrected chi connectivity index (χ4v) is 3.36. The Hall–Kier alpha value is -1.54. The van der Waals surface area contributed by atoms with Crippen molar-refractivity contribution in [2.24, 2.45) is 5.92 Å². The van der Waals surface area contributed by atoms with Gasteiger partial charge in [0.15, 0.2) is 0 Å². The van der Waals surface area contributed by atoms with Crippen molar-refractivity contribution >= 4 is 5.97 Å². The van der Waals surface area contributed by atoms with Crippen molar-refractivity contribution < 1.29 is 19.4 Å². The first-order chi connectivity index (χ1) is 11.3. The fourth-order valence-electron chi connectivity index (χ4n) is 3.36. The Balaban J connectivity index is 2.11. The minimum atomic E-state index is -0.989. The van der Waals surface area contributed by atoms with Crippen LogP contribution in [0.4, 0.5) is 4.39 Å². The van der Waals surface area contributed by atoms with Crippen molar-refractivity contribution in [3.63, 3.8) is 0 Å². The number of carboxylic acid groups (broad SMARTS) is 1. The summed E-state index contributed by atoms with van der Waals surface area (Å²) in [6.45, 7) is 4.35. The molecule has 1 aliphatic rings. The van der Waals surface area contributed by atoms with Crippen LogP contribution in [0, 0.1) is 11.7 Å². The van der Waals surface area contributed by atoms with Gasteiger partial charge in [0.25, 0.3) is 0 Å². The number of hydrogen-bond donors (Lipinski definition) is 4. The maximum atomic E-state index is 13.5. The van der Waals surface area contributed by atoms with Gasteiger partial charge in [-0.2, -0.15) is 0 Å². The fraction of sp³-hybridized carbons (Fsp3) is 0.588. The minimum absolute atomic E-state index is 0.110. The molecule has 24 heavy (non-hydrogen) atoms. The van der Waals surface area contributed by atoms with Crippen molar-refractivity contribution in [3.8, 4) is 0 Å². The van der Waals surface area contributed by atoms with Gasteiger partial charge in [0.1, 0.15) is 11.9 Å². The van der Waals surface area contributed by atoms with E-state index in [1.807, 2.05) is 0 Å². The second-order valence-electron chi connectivity index (χ2n) is 6.55. The van der Waals surface area contributed by atoms with Crippen LogP contribution in [0.1, 0.15) is 37.4 Å². The number of aliphatic carboxylic acids is 1. The van der Waals surface area contributed by atoms with Gasteiger partial charge in [0.2, 0.25) is 0 Å². The van der Waals surface area contributed by atoms with Crippen LogP contribution in [0.2, 0.25) is 0 Å². The maximum absolute atomic E-state index is 13.5. The van der Waals surface area contributed by atoms with E-state index < -0.39 is 24.4 Å². The number of hydrogen-bond acceptors (Lipinski definition) is 5. The van der Waals surface area contributed by atoms with Crippen molar-refractivity contribution in [2.45, 2.75) is 45.0 Å². The molecule has 6 nitrogen and oxygen atoms in total. The molecule has 7 heteroatoms. The van der Waals surface area contributed by atoms with E-state index in [1.165, 1.54) is 18.2 Å². The zero-order valence-electron chi connectivity index (χ0n) is 14.3. The summed E-state index contributed by atoms with van der Waals surface area (Å²) in [5, 5.41) is 18.8. The molecule has 0 aromatic heterocycles. The van der Waals surface area contributed by atoms with E-state index in [2.05, 4.69) is 24.7 Å². The molecule has 4 N–H and O–H groups in total. The smallest absolute Gasteiger partial charge is 0.325 e. The summed E-state index contributed by atoms with van der Waals surface area (Å²) in [7, 11) is 1.76. The van der Waals surface area contributed by atoms with Gasteiger partial charge in [0, 0.05) is 17.6 Å². The topological polar surface area (TPSA) is 84.8 Å². The molecular formula is C17H26FN3O3. The third-order valence-electron chi connectivity index (χ3n) is 4.87. The first-order valence-electron chi connectivity index (χ1n) is 8.18. The highest BCUT2D eigenvalue weighted by atomic mass is 19.1. The number of nitrogens with one attached hydrogen (secondary N) is 2. The number of hydrazine groups is 1. The lowest BCUT2D eigenvalue weighted by Gasteiger charge is -2.28. The van der Waals surface area contributed by atoms with Gasteiger partial charge in [-0.25, -0.2) is 4.39 Å². The van der Waals surface area contributed by atoms with Crippen LogP contribution < -0.4 is 10.9 Å². The zero-order chi connectivity index (χ0) is 17.9. The summed E-state index contributed by atoms with van der Waals surface area (Å²) in [6, 6.07) is 3.87. The number of carboxylic acids is 1. The van der Waals surface area contributed by atoms with Gasteiger partial charge >= 0.3 is 5.97 Å². The molecule has 3 unspecified atom stereocenters. The van der Waals surface area contributed by atoms with E-state index in [9.17, 15) is 19.4 Å². The van der Waals surface area contributed by atoms with Crippen LogP contribution in [0.3, 0.4) is 0 Å². The quantitative estimate of drug-likeness (QED) is 0.599. The number of aliphatic hydroxyl groups is 1. The number of carbonyl (C=O) groups is 1. The molecule has 1 saturated heterocycles. The van der Waals surface area contributed by atoms with Crippen molar-refractivity contribution in [1.29, 1.82) is 0 Å². The van der Waals surface area contributed by atoms with E-state index in [4.69, 9.17) is 0 Å². The number of benzene rings is 1. The van der Waals surface area contributed by atoms with Gasteiger partial charge in [-0.15, -0.1) is 0 Å². The second-order valence-corrected chi connectivity index (χ2v) is 6.55. The van der Waals surface area contributed by atoms with Crippen LogP contribution in [0.25, 0.3) is 0 Å². The summed E-state index contributed by atoms with van der Waals surface area (Å²) in [5.41, 5.74) is 6.97. The number of nitrogens with zero attached hydrogens (tertiary/aromatic N) is 1. The summed E-state index contributed by atoms with van der Waals surface area (Å²) in [5.74, 6) is -1.11. The van der Waals surface area contributed by atoms with E-state index in [-0.39, 0.29) is 5.56 Å². The van der Waals surface area contributed by atoms with Gasteiger partial charge in [0.05, 0.1) is 6.61 Å². The van der Waals surface area contributed by atoms with Crippen molar-refractivity contribution in [1.82, 2.24) is 15.8 Å². The summed E-state index contributed by atoms with van der Waals surface area (Å²) in [6.07, 6.45) is 0.844. The van der Waals surface area contributed by atoms with E-state index in [0.29, 0.717) is 30.1 Å². The molecule has 0 bridgehead atoms.